The summed E-state index contributed by atoms with van der Waals surface area (Å²) in [6, 6.07) is 7.77. The van der Waals surface area contributed by atoms with Gasteiger partial charge in [0, 0.05) is 32.9 Å². The van der Waals surface area contributed by atoms with E-state index in [1.54, 1.807) is 0 Å². The third kappa shape index (κ3) is 4.97. The van der Waals surface area contributed by atoms with Gasteiger partial charge < -0.3 is 10.2 Å². The number of hydrogen-bond acceptors (Lipinski definition) is 3. The summed E-state index contributed by atoms with van der Waals surface area (Å²) in [5.41, 5.74) is 1.92. The molecule has 2 atom stereocenters. The molecular weight excluding hydrogens is 334 g/mol. The van der Waals surface area contributed by atoms with Crippen LogP contribution in [0, 0.1) is 11.8 Å². The van der Waals surface area contributed by atoms with Crippen molar-refractivity contribution < 1.29 is 8.42 Å². The highest BCUT2D eigenvalue weighted by atomic mass is 32.2. The lowest BCUT2D eigenvalue weighted by Gasteiger charge is -2.22. The van der Waals surface area contributed by atoms with Crippen LogP contribution in [-0.4, -0.2) is 45.7 Å². The van der Waals surface area contributed by atoms with E-state index >= 15 is 0 Å². The highest BCUT2D eigenvalue weighted by molar-refractivity contribution is 7.89. The van der Waals surface area contributed by atoms with Crippen molar-refractivity contribution in [1.82, 2.24) is 10.2 Å². The molecular formula is C19H29N3O2S. The molecule has 138 valence electrons. The molecule has 6 heteroatoms. The summed E-state index contributed by atoms with van der Waals surface area (Å²) < 4.78 is 23.0. The summed E-state index contributed by atoms with van der Waals surface area (Å²) in [7, 11) is -1.17. The van der Waals surface area contributed by atoms with Gasteiger partial charge in [0.2, 0.25) is 0 Å². The monoisotopic (exact) mass is 363 g/mol. The van der Waals surface area contributed by atoms with Crippen LogP contribution in [0.15, 0.2) is 29.3 Å². The molecule has 2 fully saturated rings. The normalized spacial score (nSPS) is 24.2. The van der Waals surface area contributed by atoms with Crippen molar-refractivity contribution in [2.75, 3.05) is 26.4 Å². The van der Waals surface area contributed by atoms with Gasteiger partial charge in [-0.2, -0.15) is 0 Å². The second kappa shape index (κ2) is 7.77. The van der Waals surface area contributed by atoms with E-state index in [1.165, 1.54) is 31.9 Å². The van der Waals surface area contributed by atoms with Crippen LogP contribution in [0.2, 0.25) is 0 Å². The third-order valence-electron chi connectivity index (χ3n) is 5.36. The van der Waals surface area contributed by atoms with Gasteiger partial charge in [0.1, 0.15) is 0 Å². The summed E-state index contributed by atoms with van der Waals surface area (Å²) in [6.07, 6.45) is 6.71. The van der Waals surface area contributed by atoms with Crippen LogP contribution in [0.1, 0.15) is 36.8 Å². The van der Waals surface area contributed by atoms with Crippen LogP contribution in [0.5, 0.6) is 0 Å². The molecule has 0 aromatic heterocycles. The predicted octanol–water partition coefficient (Wildman–Crippen LogP) is 2.43. The minimum absolute atomic E-state index is 0.0883. The Bertz CT molecular complexity index is 716. The average molecular weight is 364 g/mol. The first-order valence-electron chi connectivity index (χ1n) is 9.16. The topological polar surface area (TPSA) is 61.8 Å². The SMILES string of the molecule is CN=C(NCc1cccc(CS(C)(=O)=O)c1)N1CC2CCCCC2C1. The Morgan fingerprint density at radius 2 is 1.84 bits per heavy atom. The van der Waals surface area contributed by atoms with Crippen molar-refractivity contribution >= 4 is 15.8 Å². The van der Waals surface area contributed by atoms with Gasteiger partial charge in [-0.05, 0) is 35.8 Å². The number of nitrogens with zero attached hydrogens (tertiary/aromatic N) is 2. The molecule has 0 spiro atoms. The van der Waals surface area contributed by atoms with E-state index in [2.05, 4.69) is 15.2 Å². The smallest absolute Gasteiger partial charge is 0.193 e. The predicted molar refractivity (Wildman–Crippen MR) is 102 cm³/mol. The first-order valence-corrected chi connectivity index (χ1v) is 11.2. The lowest BCUT2D eigenvalue weighted by atomic mass is 9.82. The molecule has 3 rings (SSSR count). The average Bonchev–Trinajstić information content (AvgIpc) is 2.98. The number of benzene rings is 1. The Hall–Kier alpha value is -1.56. The van der Waals surface area contributed by atoms with Crippen LogP contribution in [-0.2, 0) is 22.1 Å². The molecule has 1 aliphatic heterocycles. The van der Waals surface area contributed by atoms with Crippen LogP contribution >= 0.6 is 0 Å². The molecule has 1 N–H and O–H groups in total. The summed E-state index contributed by atoms with van der Waals surface area (Å²) >= 11 is 0. The number of sulfone groups is 1. The van der Waals surface area contributed by atoms with E-state index in [4.69, 9.17) is 0 Å². The number of aliphatic imine (C=N–C) groups is 1. The Morgan fingerprint density at radius 3 is 2.44 bits per heavy atom. The van der Waals surface area contributed by atoms with Gasteiger partial charge in [-0.25, -0.2) is 8.42 Å². The maximum atomic E-state index is 11.5. The van der Waals surface area contributed by atoms with Gasteiger partial charge >= 0.3 is 0 Å². The van der Waals surface area contributed by atoms with Gasteiger partial charge in [-0.15, -0.1) is 0 Å². The van der Waals surface area contributed by atoms with Gasteiger partial charge in [0.15, 0.2) is 15.8 Å². The van der Waals surface area contributed by atoms with Crippen LogP contribution in [0.3, 0.4) is 0 Å². The highest BCUT2D eigenvalue weighted by Crippen LogP contribution is 2.35. The van der Waals surface area contributed by atoms with E-state index in [9.17, 15) is 8.42 Å². The van der Waals surface area contributed by atoms with Crippen molar-refractivity contribution in [3.8, 4) is 0 Å². The van der Waals surface area contributed by atoms with Crippen molar-refractivity contribution in [3.63, 3.8) is 0 Å². The van der Waals surface area contributed by atoms with Crippen LogP contribution < -0.4 is 5.32 Å². The molecule has 2 aliphatic rings. The molecule has 1 aromatic carbocycles. The lowest BCUT2D eigenvalue weighted by Crippen LogP contribution is -2.39. The first-order chi connectivity index (χ1) is 11.9. The zero-order chi connectivity index (χ0) is 17.9. The van der Waals surface area contributed by atoms with Crippen molar-refractivity contribution in [2.24, 2.45) is 16.8 Å². The zero-order valence-corrected chi connectivity index (χ0v) is 16.1. The number of nitrogens with one attached hydrogen (secondary N) is 1. The molecule has 0 amide bonds. The zero-order valence-electron chi connectivity index (χ0n) is 15.2. The van der Waals surface area contributed by atoms with E-state index in [1.807, 2.05) is 31.3 Å². The van der Waals surface area contributed by atoms with Crippen molar-refractivity contribution in [2.45, 2.75) is 38.0 Å². The summed E-state index contributed by atoms with van der Waals surface area (Å²) in [5.74, 6) is 2.70. The molecule has 1 saturated heterocycles. The van der Waals surface area contributed by atoms with E-state index in [-0.39, 0.29) is 5.75 Å². The highest BCUT2D eigenvalue weighted by Gasteiger charge is 2.35. The standard InChI is InChI=1S/C19H29N3O2S/c1-20-19(22-12-17-8-3-4-9-18(17)13-22)21-11-15-6-5-7-16(10-15)14-25(2,23)24/h5-7,10,17-18H,3-4,8-9,11-14H2,1-2H3,(H,20,21). The quantitative estimate of drug-likeness (QED) is 0.659. The largest absolute Gasteiger partial charge is 0.352 e. The molecule has 25 heavy (non-hydrogen) atoms. The molecule has 0 radical (unpaired) electrons. The molecule has 1 aromatic rings. The second-order valence-corrected chi connectivity index (χ2v) is 9.64. The van der Waals surface area contributed by atoms with Gasteiger partial charge in [-0.3, -0.25) is 4.99 Å². The fourth-order valence-electron chi connectivity index (χ4n) is 4.22. The molecule has 5 nitrogen and oxygen atoms in total. The fourth-order valence-corrected chi connectivity index (χ4v) is 5.01. The van der Waals surface area contributed by atoms with Crippen LogP contribution in [0.25, 0.3) is 0 Å². The van der Waals surface area contributed by atoms with Crippen LogP contribution in [0.4, 0.5) is 0 Å². The van der Waals surface area contributed by atoms with Crippen molar-refractivity contribution in [3.05, 3.63) is 35.4 Å². The molecule has 1 aliphatic carbocycles. The molecule has 2 unspecified atom stereocenters. The maximum Gasteiger partial charge on any atom is 0.193 e. The number of likely N-dealkylation sites (tertiary alicyclic amines) is 1. The van der Waals surface area contributed by atoms with Gasteiger partial charge in [0.05, 0.1) is 5.75 Å². The lowest BCUT2D eigenvalue weighted by molar-refractivity contribution is 0.299. The van der Waals surface area contributed by atoms with E-state index < -0.39 is 9.84 Å². The van der Waals surface area contributed by atoms with Gasteiger partial charge in [0.25, 0.3) is 0 Å². The number of fused-ring (bicyclic) bond motifs is 1. The summed E-state index contributed by atoms with van der Waals surface area (Å²) in [4.78, 5) is 6.85. The third-order valence-corrected chi connectivity index (χ3v) is 6.22. The number of guanidine groups is 1. The number of hydrogen-bond donors (Lipinski definition) is 1. The minimum atomic E-state index is -3.01. The van der Waals surface area contributed by atoms with Crippen molar-refractivity contribution in [1.29, 1.82) is 0 Å². The molecule has 1 saturated carbocycles. The molecule has 1 heterocycles. The Kier molecular flexibility index (Phi) is 5.67. The maximum absolute atomic E-state index is 11.5. The Labute approximate surface area is 151 Å². The molecule has 0 bridgehead atoms. The second-order valence-electron chi connectivity index (χ2n) is 7.50. The van der Waals surface area contributed by atoms with Gasteiger partial charge in [-0.1, -0.05) is 37.1 Å². The van der Waals surface area contributed by atoms with E-state index in [0.717, 1.165) is 42.0 Å². The van der Waals surface area contributed by atoms with E-state index in [0.29, 0.717) is 6.54 Å². The first kappa shape index (κ1) is 18.2. The minimum Gasteiger partial charge on any atom is -0.352 e. The fraction of sp³-hybridized carbons (Fsp3) is 0.632. The summed E-state index contributed by atoms with van der Waals surface area (Å²) in [5, 5.41) is 3.45. The Morgan fingerprint density at radius 1 is 1.20 bits per heavy atom. The number of rotatable bonds is 4. The Balaban J connectivity index is 1.59. The summed E-state index contributed by atoms with van der Waals surface area (Å²) in [6.45, 7) is 2.88.